The molecule has 19 nitrogen and oxygen atoms in total. The van der Waals surface area contributed by atoms with Crippen LogP contribution in [0.5, 0.6) is 0 Å². The molecule has 2 N–H and O–H groups in total. The summed E-state index contributed by atoms with van der Waals surface area (Å²) in [6.45, 7) is 15.6. The minimum atomic E-state index is -0.237. The van der Waals surface area contributed by atoms with E-state index in [9.17, 15) is 4.39 Å². The first-order valence-corrected chi connectivity index (χ1v) is 34.1. The third kappa shape index (κ3) is 11.1. The first-order chi connectivity index (χ1) is 48.0. The number of tetrazole rings is 1. The van der Waals surface area contributed by atoms with Crippen molar-refractivity contribution in [2.24, 2.45) is 29.6 Å². The maximum absolute atomic E-state index is 13.4. The van der Waals surface area contributed by atoms with Gasteiger partial charge >= 0.3 is 0 Å². The number of nitriles is 2. The Balaban J connectivity index is 0.000000111. The molecule has 4 fully saturated rings. The molecule has 3 saturated heterocycles. The van der Waals surface area contributed by atoms with Crippen molar-refractivity contribution in [3.05, 3.63) is 216 Å². The van der Waals surface area contributed by atoms with E-state index in [4.69, 9.17) is 15.5 Å². The zero-order valence-electron chi connectivity index (χ0n) is 55.3. The highest BCUT2D eigenvalue weighted by Crippen LogP contribution is 2.52. The highest BCUT2D eigenvalue weighted by atomic mass is 19.1. The van der Waals surface area contributed by atoms with Crippen LogP contribution in [0.15, 0.2) is 177 Å². The van der Waals surface area contributed by atoms with Gasteiger partial charge in [-0.25, -0.2) is 9.37 Å². The van der Waals surface area contributed by atoms with Gasteiger partial charge in [0, 0.05) is 117 Å². The smallest absolute Gasteiger partial charge is 0.203 e. The van der Waals surface area contributed by atoms with Crippen molar-refractivity contribution in [3.63, 3.8) is 0 Å². The van der Waals surface area contributed by atoms with Crippen LogP contribution >= 0.6 is 0 Å². The molecule has 488 valence electrons. The predicted molar refractivity (Wildman–Crippen MR) is 379 cm³/mol. The van der Waals surface area contributed by atoms with Gasteiger partial charge in [-0.2, -0.15) is 15.2 Å². The normalized spacial score (nSPS) is 18.6. The monoisotopic (exact) mass is 1300 g/mol. The fourth-order valence-corrected chi connectivity index (χ4v) is 16.0. The maximum atomic E-state index is 13.4. The summed E-state index contributed by atoms with van der Waals surface area (Å²) in [6, 6.07) is 53.3. The van der Waals surface area contributed by atoms with Gasteiger partial charge in [-0.1, -0.05) is 43.3 Å². The number of aromatic nitrogens is 12. The number of fused-ring (bicyclic) bond motifs is 16. The summed E-state index contributed by atoms with van der Waals surface area (Å²) in [5.41, 5.74) is 22.9. The summed E-state index contributed by atoms with van der Waals surface area (Å²) in [6.07, 6.45) is 12.9. The van der Waals surface area contributed by atoms with Crippen LogP contribution in [0.4, 0.5) is 21.5 Å². The van der Waals surface area contributed by atoms with Crippen molar-refractivity contribution in [3.8, 4) is 97.1 Å². The highest BCUT2D eigenvalue weighted by Gasteiger charge is 2.52. The molecule has 6 aliphatic heterocycles. The van der Waals surface area contributed by atoms with E-state index in [1.807, 2.05) is 73.6 Å². The molecule has 5 atom stereocenters. The number of rotatable bonds is 10. The number of piperidine rings is 1. The molecule has 0 spiro atoms. The summed E-state index contributed by atoms with van der Waals surface area (Å²) >= 11 is 0. The average molecular weight is 1300 g/mol. The van der Waals surface area contributed by atoms with E-state index in [-0.39, 0.29) is 5.82 Å². The first-order valence-electron chi connectivity index (χ1n) is 34.1. The molecule has 12 aromatic rings. The van der Waals surface area contributed by atoms with Crippen molar-refractivity contribution in [2.75, 3.05) is 81.2 Å². The van der Waals surface area contributed by atoms with Gasteiger partial charge in [-0.15, -0.1) is 15.3 Å². The Bertz CT molecular complexity index is 5070. The second-order valence-electron chi connectivity index (χ2n) is 27.5. The second-order valence-corrected chi connectivity index (χ2v) is 27.5. The lowest BCUT2D eigenvalue weighted by molar-refractivity contribution is 0.549. The van der Waals surface area contributed by atoms with E-state index in [0.717, 1.165) is 149 Å². The molecule has 3 unspecified atom stereocenters. The number of hydrogen-bond donors (Lipinski definition) is 2. The van der Waals surface area contributed by atoms with Crippen LogP contribution in [-0.2, 0) is 19.6 Å². The molecule has 20 heteroatoms. The summed E-state index contributed by atoms with van der Waals surface area (Å²) in [5, 5.41) is 46.1. The van der Waals surface area contributed by atoms with Crippen LogP contribution in [0.1, 0.15) is 53.3 Å². The molecule has 1 saturated carbocycles. The van der Waals surface area contributed by atoms with Crippen LogP contribution in [0.3, 0.4) is 0 Å². The van der Waals surface area contributed by atoms with Crippen LogP contribution in [0, 0.1) is 65.0 Å². The van der Waals surface area contributed by atoms with E-state index >= 15 is 0 Å². The molecule has 12 heterocycles. The van der Waals surface area contributed by atoms with Gasteiger partial charge < -0.3 is 39.0 Å². The average Bonchev–Trinajstić information content (AvgIpc) is 1.71. The Morgan fingerprint density at radius 2 is 0.969 bits per heavy atom. The molecule has 6 aromatic carbocycles. The number of nitrogens with one attached hydrogen (secondary N) is 2. The molecule has 0 bridgehead atoms. The van der Waals surface area contributed by atoms with Gasteiger partial charge in [-0.05, 0) is 230 Å². The molecule has 7 aliphatic rings. The molecule has 0 radical (unpaired) electrons. The zero-order chi connectivity index (χ0) is 66.3. The largest absolute Gasteiger partial charge is 0.371 e. The van der Waals surface area contributed by atoms with Gasteiger partial charge in [0.2, 0.25) is 5.82 Å². The number of halogens is 1. The molecule has 1 aliphatic carbocycles. The number of aryl methyl sites for hydroxylation is 1. The Morgan fingerprint density at radius 1 is 0.500 bits per heavy atom. The van der Waals surface area contributed by atoms with E-state index in [1.54, 1.807) is 12.1 Å². The molecular weight excluding hydrogens is 1220 g/mol. The fraction of sp³-hybridized carbons (Fsp3) is 0.282. The topological polar surface area (TPSA) is 188 Å². The van der Waals surface area contributed by atoms with Gasteiger partial charge in [-0.3, -0.25) is 9.13 Å². The van der Waals surface area contributed by atoms with Gasteiger partial charge in [0.1, 0.15) is 12.1 Å². The molecule has 0 amide bonds. The van der Waals surface area contributed by atoms with Gasteiger partial charge in [0.15, 0.2) is 11.6 Å². The number of benzene rings is 6. The number of imidazole rings is 1. The maximum Gasteiger partial charge on any atom is 0.203 e. The fourth-order valence-electron chi connectivity index (χ4n) is 16.0. The van der Waals surface area contributed by atoms with Crippen molar-refractivity contribution in [2.45, 2.75) is 46.3 Å². The minimum absolute atomic E-state index is 0.237. The Hall–Kier alpha value is -11.2. The summed E-state index contributed by atoms with van der Waals surface area (Å²) in [5.74, 6) is 6.34. The zero-order valence-corrected chi connectivity index (χ0v) is 55.3. The molecule has 6 aromatic heterocycles. The van der Waals surface area contributed by atoms with Crippen LogP contribution in [-0.4, -0.2) is 125 Å². The van der Waals surface area contributed by atoms with Crippen LogP contribution in [0.2, 0.25) is 0 Å². The van der Waals surface area contributed by atoms with E-state index in [0.29, 0.717) is 35.3 Å². The summed E-state index contributed by atoms with van der Waals surface area (Å²) < 4.78 is 26.3. The molecule has 98 heavy (non-hydrogen) atoms. The lowest BCUT2D eigenvalue weighted by Crippen LogP contribution is -2.24. The lowest BCUT2D eigenvalue weighted by Gasteiger charge is -2.23. The molecule has 19 rings (SSSR count). The number of anilines is 3. The van der Waals surface area contributed by atoms with Crippen LogP contribution in [0.25, 0.3) is 85.0 Å². The van der Waals surface area contributed by atoms with Crippen LogP contribution < -0.4 is 25.3 Å². The number of hydrogen-bond acceptors (Lipinski definition) is 13. The first kappa shape index (κ1) is 60.5. The highest BCUT2D eigenvalue weighted by molar-refractivity contribution is 5.76. The summed E-state index contributed by atoms with van der Waals surface area (Å²) in [7, 11) is 4.06. The molecular formula is C78H74FN19. The van der Waals surface area contributed by atoms with Crippen molar-refractivity contribution in [1.29, 1.82) is 10.5 Å². The van der Waals surface area contributed by atoms with Crippen molar-refractivity contribution >= 4 is 17.1 Å². The second kappa shape index (κ2) is 24.8. The SMILES string of the molecule is CC1[C@H]2CN(c3ccc4c(c3)Cn3cc(-c5ccc(C#N)cc5)cc3-c3nncn3-4)C[C@@H]12.CNCC1CCN(c2ccc3c(c2)Cn2cc(-c4ccc(C#N)cc4)cc2-c2nc(C)cn2-3)C1.CNCC1CCN(c2ccc3c(c2)Cn2cc(-c4ccc(F)cc4)cc2-c2nnnn2-3)C1. The third-order valence-corrected chi connectivity index (χ3v) is 21.3. The third-order valence-electron chi connectivity index (χ3n) is 21.3. The van der Waals surface area contributed by atoms with Crippen molar-refractivity contribution in [1.82, 2.24) is 68.9 Å². The minimum Gasteiger partial charge on any atom is -0.371 e. The standard InChI is InChI=1S/C28H28N6.C26H22N6.C24H24FN7/c1-19-15-34-26-8-7-25(32-10-9-21(16-32)14-30-2)11-24(26)18-33-17-23(12-27(33)28(34)31-19)22-5-3-20(13-29)4-6-22;1-16-22-13-30(14-23(16)22)21-6-7-24-20(8-21)12-31-11-19(18-4-2-17(10-27)3-5-18)9-25(31)26-29-28-15-32(24)26;1-26-12-16-8-9-30(13-16)21-6-7-22-19(10-21)15-31-14-18(17-2-4-20(25)5-3-17)11-23(31)24-27-28-29-32(22)24/h3-8,11-12,15,17,21,30H,9-10,14,16,18H2,1-2H3;2-9,11,15-16,22-23H,12-14H2,1H3;2-7,10-11,14,16,26H,8-9,12-13,15H2,1H3/t;16?,22-,23+;. The van der Waals surface area contributed by atoms with Crippen molar-refractivity contribution < 1.29 is 4.39 Å². The Morgan fingerprint density at radius 3 is 1.49 bits per heavy atom. The van der Waals surface area contributed by atoms with Gasteiger partial charge in [0.25, 0.3) is 0 Å². The Kier molecular flexibility index (Phi) is 15.3. The van der Waals surface area contributed by atoms with E-state index in [2.05, 4.69) is 197 Å². The van der Waals surface area contributed by atoms with E-state index < -0.39 is 0 Å². The predicted octanol–water partition coefficient (Wildman–Crippen LogP) is 12.3. The Labute approximate surface area is 568 Å². The lowest BCUT2D eigenvalue weighted by atomic mass is 10.1. The van der Waals surface area contributed by atoms with Gasteiger partial charge in [0.05, 0.1) is 63.1 Å². The summed E-state index contributed by atoms with van der Waals surface area (Å²) in [4.78, 5) is 12.4. The number of nitrogens with zero attached hydrogens (tertiary/aromatic N) is 17. The van der Waals surface area contributed by atoms with E-state index in [1.165, 1.54) is 77.5 Å². The quantitative estimate of drug-likeness (QED) is 0.132.